The number of anilines is 3. The molecule has 6 heteroatoms. The number of hydrogen-bond acceptors (Lipinski definition) is 3. The van der Waals surface area contributed by atoms with E-state index in [1.807, 2.05) is 47.4 Å². The molecule has 2 heterocycles. The predicted octanol–water partition coefficient (Wildman–Crippen LogP) is 5.69. The summed E-state index contributed by atoms with van der Waals surface area (Å²) in [4.78, 5) is 30.4. The van der Waals surface area contributed by atoms with E-state index in [1.165, 1.54) is 16.7 Å². The van der Waals surface area contributed by atoms with Crippen molar-refractivity contribution in [3.8, 4) is 0 Å². The number of hydrogen-bond donors (Lipinski definition) is 2. The number of aryl methyl sites for hydroxylation is 1. The third kappa shape index (κ3) is 5.16. The molecule has 0 aliphatic carbocycles. The van der Waals surface area contributed by atoms with Crippen LogP contribution in [0.4, 0.5) is 21.9 Å². The fourth-order valence-corrected chi connectivity index (χ4v) is 4.97. The lowest BCUT2D eigenvalue weighted by Gasteiger charge is -2.33. The zero-order valence-electron chi connectivity index (χ0n) is 20.2. The second-order valence-corrected chi connectivity index (χ2v) is 9.30. The summed E-state index contributed by atoms with van der Waals surface area (Å²) in [6.07, 6.45) is 3.98. The molecule has 2 aliphatic rings. The zero-order valence-corrected chi connectivity index (χ0v) is 20.2. The van der Waals surface area contributed by atoms with E-state index >= 15 is 0 Å². The van der Waals surface area contributed by atoms with Crippen molar-refractivity contribution in [1.29, 1.82) is 0 Å². The number of carbonyl (C=O) groups is 2. The highest BCUT2D eigenvalue weighted by molar-refractivity contribution is 6.04. The third-order valence-electron chi connectivity index (χ3n) is 6.97. The van der Waals surface area contributed by atoms with Gasteiger partial charge in [0.1, 0.15) is 0 Å². The fourth-order valence-electron chi connectivity index (χ4n) is 4.97. The van der Waals surface area contributed by atoms with Crippen LogP contribution in [0.3, 0.4) is 0 Å². The first-order chi connectivity index (χ1) is 17.1. The maximum atomic E-state index is 13.5. The number of urea groups is 1. The molecule has 35 heavy (non-hydrogen) atoms. The molecule has 0 spiro atoms. The van der Waals surface area contributed by atoms with Gasteiger partial charge in [-0.15, -0.1) is 0 Å². The quantitative estimate of drug-likeness (QED) is 0.505. The summed E-state index contributed by atoms with van der Waals surface area (Å²) in [7, 11) is 0. The van der Waals surface area contributed by atoms with Crippen LogP contribution in [0, 0.1) is 0 Å². The molecule has 5 rings (SSSR count). The molecule has 0 radical (unpaired) electrons. The van der Waals surface area contributed by atoms with Crippen LogP contribution in [0.25, 0.3) is 0 Å². The van der Waals surface area contributed by atoms with Crippen molar-refractivity contribution in [2.24, 2.45) is 0 Å². The van der Waals surface area contributed by atoms with Crippen LogP contribution in [0.15, 0.2) is 66.7 Å². The van der Waals surface area contributed by atoms with Gasteiger partial charge < -0.3 is 20.4 Å². The average molecular weight is 469 g/mol. The molecule has 3 aromatic carbocycles. The Hall–Kier alpha value is -3.80. The van der Waals surface area contributed by atoms with Gasteiger partial charge in [-0.05, 0) is 72.7 Å². The highest BCUT2D eigenvalue weighted by Gasteiger charge is 2.26. The standard InChI is InChI=1S/C29H32N4O2/c1-2-21-9-11-24(12-10-21)30-29(35)31-25-13-14-27(26(19-25)28(34)32-16-5-6-17-32)33-18-15-22-7-3-4-8-23(22)20-33/h3-4,7-14,19H,2,5-6,15-18,20H2,1H3,(H2,30,31,35). The smallest absolute Gasteiger partial charge is 0.323 e. The Balaban J connectivity index is 1.38. The van der Waals surface area contributed by atoms with Crippen LogP contribution in [0.5, 0.6) is 0 Å². The molecule has 180 valence electrons. The summed E-state index contributed by atoms with van der Waals surface area (Å²) in [5.74, 6) is 0.0376. The topological polar surface area (TPSA) is 64.7 Å². The molecule has 2 aliphatic heterocycles. The van der Waals surface area contributed by atoms with Crippen molar-refractivity contribution >= 4 is 29.0 Å². The summed E-state index contributed by atoms with van der Waals surface area (Å²) in [5, 5.41) is 5.79. The van der Waals surface area contributed by atoms with E-state index in [1.54, 1.807) is 0 Å². The number of rotatable bonds is 5. The lowest BCUT2D eigenvalue weighted by molar-refractivity contribution is 0.0793. The summed E-state index contributed by atoms with van der Waals surface area (Å²) in [6.45, 7) is 5.30. The summed E-state index contributed by atoms with van der Waals surface area (Å²) in [6, 6.07) is 21.7. The van der Waals surface area contributed by atoms with Crippen molar-refractivity contribution < 1.29 is 9.59 Å². The molecule has 3 amide bonds. The van der Waals surface area contributed by atoms with E-state index in [-0.39, 0.29) is 11.9 Å². The van der Waals surface area contributed by atoms with Gasteiger partial charge in [-0.25, -0.2) is 4.79 Å². The molecule has 0 atom stereocenters. The van der Waals surface area contributed by atoms with E-state index in [4.69, 9.17) is 0 Å². The Kier molecular flexibility index (Phi) is 6.70. The van der Waals surface area contributed by atoms with Crippen LogP contribution in [0.2, 0.25) is 0 Å². The summed E-state index contributed by atoms with van der Waals surface area (Å²) in [5.41, 5.74) is 6.81. The molecule has 2 N–H and O–H groups in total. The average Bonchev–Trinajstić information content (AvgIpc) is 3.43. The van der Waals surface area contributed by atoms with Gasteiger partial charge in [0.05, 0.1) is 5.56 Å². The number of fused-ring (bicyclic) bond motifs is 1. The van der Waals surface area contributed by atoms with E-state index < -0.39 is 0 Å². The second-order valence-electron chi connectivity index (χ2n) is 9.30. The first kappa shape index (κ1) is 23.0. The predicted molar refractivity (Wildman–Crippen MR) is 141 cm³/mol. The molecule has 3 aromatic rings. The van der Waals surface area contributed by atoms with Crippen molar-refractivity contribution in [3.05, 3.63) is 89.0 Å². The maximum absolute atomic E-state index is 13.5. The van der Waals surface area contributed by atoms with Crippen molar-refractivity contribution in [1.82, 2.24) is 4.90 Å². The zero-order chi connectivity index (χ0) is 24.2. The van der Waals surface area contributed by atoms with Gasteiger partial charge in [-0.2, -0.15) is 0 Å². The number of carbonyl (C=O) groups excluding carboxylic acids is 2. The third-order valence-corrected chi connectivity index (χ3v) is 6.97. The number of likely N-dealkylation sites (tertiary alicyclic amines) is 1. The molecule has 1 fully saturated rings. The Labute approximate surface area is 206 Å². The van der Waals surface area contributed by atoms with Crippen molar-refractivity contribution in [3.63, 3.8) is 0 Å². The van der Waals surface area contributed by atoms with Gasteiger partial charge in [0.15, 0.2) is 0 Å². The normalized spacial score (nSPS) is 15.0. The van der Waals surface area contributed by atoms with Gasteiger partial charge in [-0.3, -0.25) is 4.79 Å². The van der Waals surface area contributed by atoms with Crippen LogP contribution >= 0.6 is 0 Å². The number of benzene rings is 3. The minimum atomic E-state index is -0.325. The van der Waals surface area contributed by atoms with E-state index in [2.05, 4.69) is 46.7 Å². The molecule has 6 nitrogen and oxygen atoms in total. The van der Waals surface area contributed by atoms with Crippen LogP contribution in [-0.2, 0) is 19.4 Å². The van der Waals surface area contributed by atoms with Crippen LogP contribution in [-0.4, -0.2) is 36.5 Å². The highest BCUT2D eigenvalue weighted by Crippen LogP contribution is 2.31. The van der Waals surface area contributed by atoms with E-state index in [0.29, 0.717) is 11.3 Å². The largest absolute Gasteiger partial charge is 0.366 e. The first-order valence-electron chi connectivity index (χ1n) is 12.5. The molecule has 1 saturated heterocycles. The molecule has 0 unspecified atom stereocenters. The van der Waals surface area contributed by atoms with Gasteiger partial charge in [0.2, 0.25) is 0 Å². The van der Waals surface area contributed by atoms with Crippen molar-refractivity contribution in [2.45, 2.75) is 39.2 Å². The number of amides is 3. The second kappa shape index (κ2) is 10.2. The lowest BCUT2D eigenvalue weighted by Crippen LogP contribution is -2.34. The first-order valence-corrected chi connectivity index (χ1v) is 12.5. The van der Waals surface area contributed by atoms with Gasteiger partial charge in [0.25, 0.3) is 5.91 Å². The van der Waals surface area contributed by atoms with Gasteiger partial charge in [-0.1, -0.05) is 43.3 Å². The minimum absolute atomic E-state index is 0.0376. The molecule has 0 saturated carbocycles. The molecule has 0 bridgehead atoms. The summed E-state index contributed by atoms with van der Waals surface area (Å²) < 4.78 is 0. The number of nitrogens with zero attached hydrogens (tertiary/aromatic N) is 2. The van der Waals surface area contributed by atoms with E-state index in [9.17, 15) is 9.59 Å². The monoisotopic (exact) mass is 468 g/mol. The van der Waals surface area contributed by atoms with Crippen LogP contribution < -0.4 is 15.5 Å². The van der Waals surface area contributed by atoms with Gasteiger partial charge in [0, 0.05) is 43.2 Å². The molecular formula is C29H32N4O2. The Bertz CT molecular complexity index is 1220. The molecule has 0 aromatic heterocycles. The molecular weight excluding hydrogens is 436 g/mol. The Morgan fingerprint density at radius 2 is 1.51 bits per heavy atom. The lowest BCUT2D eigenvalue weighted by atomic mass is 9.98. The Morgan fingerprint density at radius 3 is 2.26 bits per heavy atom. The highest BCUT2D eigenvalue weighted by atomic mass is 16.2. The summed E-state index contributed by atoms with van der Waals surface area (Å²) >= 11 is 0. The minimum Gasteiger partial charge on any atom is -0.366 e. The van der Waals surface area contributed by atoms with E-state index in [0.717, 1.165) is 63.2 Å². The maximum Gasteiger partial charge on any atom is 0.323 e. The Morgan fingerprint density at radius 1 is 0.829 bits per heavy atom. The SMILES string of the molecule is CCc1ccc(NC(=O)Nc2ccc(N3CCc4ccccc4C3)c(C(=O)N3CCCC3)c2)cc1. The number of nitrogens with one attached hydrogen (secondary N) is 2. The van der Waals surface area contributed by atoms with Crippen molar-refractivity contribution in [2.75, 3.05) is 35.2 Å². The van der Waals surface area contributed by atoms with Crippen LogP contribution in [0.1, 0.15) is 46.8 Å². The van der Waals surface area contributed by atoms with Gasteiger partial charge >= 0.3 is 6.03 Å². The fraction of sp³-hybridized carbons (Fsp3) is 0.310.